The molecule has 0 radical (unpaired) electrons. The average Bonchev–Trinajstić information content (AvgIpc) is 3.03. The molecule has 1 aromatic carbocycles. The molecular weight excluding hydrogens is 280 g/mol. The molecule has 2 aromatic rings. The maximum absolute atomic E-state index is 12.2. The summed E-state index contributed by atoms with van der Waals surface area (Å²) in [7, 11) is 0. The standard InChI is InChI=1S/C17H20N2O3/c1-10-12(11(2)22-19-10)7-9-17(21)18-15-8-6-14-13(15)4-3-5-16(14)20/h3-5,15,20H,6-9H2,1-2H3,(H,18,21). The minimum atomic E-state index is -0.000677. The lowest BCUT2D eigenvalue weighted by atomic mass is 10.1. The third-order valence-corrected chi connectivity index (χ3v) is 4.36. The van der Waals surface area contributed by atoms with Gasteiger partial charge in [-0.3, -0.25) is 4.79 Å². The summed E-state index contributed by atoms with van der Waals surface area (Å²) in [5.41, 5.74) is 3.85. The van der Waals surface area contributed by atoms with E-state index in [1.165, 1.54) is 0 Å². The van der Waals surface area contributed by atoms with Crippen LogP contribution >= 0.6 is 0 Å². The Morgan fingerprint density at radius 2 is 2.27 bits per heavy atom. The second-order valence-corrected chi connectivity index (χ2v) is 5.81. The third-order valence-electron chi connectivity index (χ3n) is 4.36. The Morgan fingerprint density at radius 3 is 3.00 bits per heavy atom. The van der Waals surface area contributed by atoms with E-state index in [1.54, 1.807) is 6.07 Å². The molecule has 0 saturated carbocycles. The van der Waals surface area contributed by atoms with E-state index in [-0.39, 0.29) is 11.9 Å². The van der Waals surface area contributed by atoms with Crippen molar-refractivity contribution in [3.8, 4) is 5.75 Å². The van der Waals surface area contributed by atoms with E-state index >= 15 is 0 Å². The van der Waals surface area contributed by atoms with Gasteiger partial charge in [0.25, 0.3) is 0 Å². The van der Waals surface area contributed by atoms with Crippen molar-refractivity contribution < 1.29 is 14.4 Å². The predicted molar refractivity (Wildman–Crippen MR) is 81.6 cm³/mol. The maximum Gasteiger partial charge on any atom is 0.220 e. The molecule has 116 valence electrons. The first kappa shape index (κ1) is 14.6. The Bertz CT molecular complexity index is 686. The Labute approximate surface area is 129 Å². The first-order valence-electron chi connectivity index (χ1n) is 7.58. The zero-order valence-corrected chi connectivity index (χ0v) is 12.8. The quantitative estimate of drug-likeness (QED) is 0.910. The molecule has 0 bridgehead atoms. The van der Waals surface area contributed by atoms with Crippen LogP contribution in [-0.2, 0) is 17.6 Å². The molecule has 5 heteroatoms. The number of carbonyl (C=O) groups excluding carboxylic acids is 1. The molecule has 1 unspecified atom stereocenters. The van der Waals surface area contributed by atoms with E-state index in [0.29, 0.717) is 18.6 Å². The number of hydrogen-bond donors (Lipinski definition) is 2. The van der Waals surface area contributed by atoms with Crippen LogP contribution in [0.5, 0.6) is 5.75 Å². The van der Waals surface area contributed by atoms with Gasteiger partial charge in [0.1, 0.15) is 11.5 Å². The lowest BCUT2D eigenvalue weighted by Crippen LogP contribution is -2.27. The van der Waals surface area contributed by atoms with Crippen LogP contribution in [0.1, 0.15) is 47.0 Å². The summed E-state index contributed by atoms with van der Waals surface area (Å²) >= 11 is 0. The van der Waals surface area contributed by atoms with Crippen molar-refractivity contribution in [2.45, 2.75) is 45.6 Å². The number of rotatable bonds is 4. The number of carbonyl (C=O) groups is 1. The van der Waals surface area contributed by atoms with Gasteiger partial charge >= 0.3 is 0 Å². The highest BCUT2D eigenvalue weighted by atomic mass is 16.5. The van der Waals surface area contributed by atoms with Crippen molar-refractivity contribution in [1.29, 1.82) is 0 Å². The van der Waals surface area contributed by atoms with Crippen molar-refractivity contribution in [2.24, 2.45) is 0 Å². The van der Waals surface area contributed by atoms with E-state index in [0.717, 1.165) is 41.0 Å². The Balaban J connectivity index is 1.61. The smallest absolute Gasteiger partial charge is 0.220 e. The summed E-state index contributed by atoms with van der Waals surface area (Å²) in [6.45, 7) is 3.75. The van der Waals surface area contributed by atoms with Crippen LogP contribution in [0.2, 0.25) is 0 Å². The molecule has 1 aliphatic carbocycles. The van der Waals surface area contributed by atoms with Crippen molar-refractivity contribution >= 4 is 5.91 Å². The number of aromatic hydroxyl groups is 1. The second kappa shape index (κ2) is 5.83. The minimum Gasteiger partial charge on any atom is -0.508 e. The number of benzene rings is 1. The van der Waals surface area contributed by atoms with E-state index in [2.05, 4.69) is 10.5 Å². The molecule has 1 aromatic heterocycles. The SMILES string of the molecule is Cc1noc(C)c1CCC(=O)NC1CCc2c(O)cccc21. The van der Waals surface area contributed by atoms with Gasteiger partial charge < -0.3 is 14.9 Å². The Hall–Kier alpha value is -2.30. The van der Waals surface area contributed by atoms with Gasteiger partial charge in [-0.2, -0.15) is 0 Å². The molecule has 1 aliphatic rings. The third kappa shape index (κ3) is 2.71. The van der Waals surface area contributed by atoms with E-state index in [1.807, 2.05) is 26.0 Å². The normalized spacial score (nSPS) is 16.5. The summed E-state index contributed by atoms with van der Waals surface area (Å²) in [4.78, 5) is 12.2. The maximum atomic E-state index is 12.2. The zero-order chi connectivity index (χ0) is 15.7. The van der Waals surface area contributed by atoms with Gasteiger partial charge in [0.05, 0.1) is 11.7 Å². The van der Waals surface area contributed by atoms with E-state index in [4.69, 9.17) is 4.52 Å². The molecular formula is C17H20N2O3. The van der Waals surface area contributed by atoms with Crippen molar-refractivity contribution in [2.75, 3.05) is 0 Å². The van der Waals surface area contributed by atoms with Crippen molar-refractivity contribution in [3.63, 3.8) is 0 Å². The molecule has 0 fully saturated rings. The summed E-state index contributed by atoms with van der Waals surface area (Å²) in [6.07, 6.45) is 2.68. The summed E-state index contributed by atoms with van der Waals surface area (Å²) in [5, 5.41) is 16.8. The molecule has 3 rings (SSSR count). The number of amides is 1. The van der Waals surface area contributed by atoms with Gasteiger partial charge in [0.15, 0.2) is 0 Å². The molecule has 22 heavy (non-hydrogen) atoms. The number of aromatic nitrogens is 1. The van der Waals surface area contributed by atoms with Gasteiger partial charge in [-0.25, -0.2) is 0 Å². The van der Waals surface area contributed by atoms with Gasteiger partial charge in [0, 0.05) is 12.0 Å². The highest BCUT2D eigenvalue weighted by Gasteiger charge is 2.25. The van der Waals surface area contributed by atoms with Crippen LogP contribution < -0.4 is 5.32 Å². The molecule has 0 saturated heterocycles. The average molecular weight is 300 g/mol. The molecule has 1 amide bonds. The number of hydrogen-bond acceptors (Lipinski definition) is 4. The Kier molecular flexibility index (Phi) is 3.88. The van der Waals surface area contributed by atoms with Gasteiger partial charge in [-0.1, -0.05) is 17.3 Å². The number of nitrogens with zero attached hydrogens (tertiary/aromatic N) is 1. The van der Waals surface area contributed by atoms with Crippen LogP contribution in [0.25, 0.3) is 0 Å². The van der Waals surface area contributed by atoms with Crippen LogP contribution in [-0.4, -0.2) is 16.2 Å². The monoisotopic (exact) mass is 300 g/mol. The number of phenolic OH excluding ortho intramolecular Hbond substituents is 1. The topological polar surface area (TPSA) is 75.4 Å². The van der Waals surface area contributed by atoms with Crippen LogP contribution in [0, 0.1) is 13.8 Å². The van der Waals surface area contributed by atoms with E-state index < -0.39 is 0 Å². The van der Waals surface area contributed by atoms with Gasteiger partial charge in [0.2, 0.25) is 5.91 Å². The van der Waals surface area contributed by atoms with Crippen LogP contribution in [0.4, 0.5) is 0 Å². The molecule has 1 atom stereocenters. The lowest BCUT2D eigenvalue weighted by molar-refractivity contribution is -0.121. The predicted octanol–water partition coefficient (Wildman–Crippen LogP) is 2.73. The number of phenols is 1. The molecule has 0 spiro atoms. The zero-order valence-electron chi connectivity index (χ0n) is 12.8. The van der Waals surface area contributed by atoms with Gasteiger partial charge in [-0.15, -0.1) is 0 Å². The van der Waals surface area contributed by atoms with Crippen molar-refractivity contribution in [3.05, 3.63) is 46.3 Å². The molecule has 2 N–H and O–H groups in total. The molecule has 0 aliphatic heterocycles. The van der Waals surface area contributed by atoms with Crippen LogP contribution in [0.3, 0.4) is 0 Å². The number of nitrogens with one attached hydrogen (secondary N) is 1. The molecule has 1 heterocycles. The second-order valence-electron chi connectivity index (χ2n) is 5.81. The summed E-state index contributed by atoms with van der Waals surface area (Å²) in [5.74, 6) is 1.12. The minimum absolute atomic E-state index is 0.000677. The van der Waals surface area contributed by atoms with Crippen LogP contribution in [0.15, 0.2) is 22.7 Å². The Morgan fingerprint density at radius 1 is 1.45 bits per heavy atom. The highest BCUT2D eigenvalue weighted by Crippen LogP contribution is 2.36. The summed E-state index contributed by atoms with van der Waals surface area (Å²) < 4.78 is 5.11. The number of fused-ring (bicyclic) bond motifs is 1. The fraction of sp³-hybridized carbons (Fsp3) is 0.412. The first-order chi connectivity index (χ1) is 10.6. The van der Waals surface area contributed by atoms with E-state index in [9.17, 15) is 9.90 Å². The first-order valence-corrected chi connectivity index (χ1v) is 7.58. The van der Waals surface area contributed by atoms with Gasteiger partial charge in [-0.05, 0) is 50.3 Å². The lowest BCUT2D eigenvalue weighted by Gasteiger charge is -2.14. The summed E-state index contributed by atoms with van der Waals surface area (Å²) in [6, 6.07) is 5.49. The fourth-order valence-electron chi connectivity index (χ4n) is 3.15. The number of aryl methyl sites for hydroxylation is 2. The van der Waals surface area contributed by atoms with Crippen molar-refractivity contribution in [1.82, 2.24) is 10.5 Å². The molecule has 5 nitrogen and oxygen atoms in total. The fourth-order valence-corrected chi connectivity index (χ4v) is 3.15. The largest absolute Gasteiger partial charge is 0.508 e. The highest BCUT2D eigenvalue weighted by molar-refractivity contribution is 5.77.